The van der Waals surface area contributed by atoms with Crippen molar-refractivity contribution in [2.45, 2.75) is 10.8 Å². The molecule has 5 rings (SSSR count). The molecule has 0 fully saturated rings. The Morgan fingerprint density at radius 3 is 2.23 bits per heavy atom. The third-order valence-electron chi connectivity index (χ3n) is 4.96. The lowest BCUT2D eigenvalue weighted by atomic mass is 10.1. The molecule has 0 atom stereocenters. The Hall–Kier alpha value is -2.89. The first-order valence-electron chi connectivity index (χ1n) is 9.64. The minimum Gasteiger partial charge on any atom is -0.301 e. The van der Waals surface area contributed by atoms with Gasteiger partial charge in [0.05, 0.1) is 5.39 Å². The maximum Gasteiger partial charge on any atom is 0.149 e. The van der Waals surface area contributed by atoms with E-state index in [1.165, 1.54) is 5.56 Å². The molecule has 146 valence electrons. The van der Waals surface area contributed by atoms with Crippen LogP contribution in [0.2, 0.25) is 0 Å². The predicted octanol–water partition coefficient (Wildman–Crippen LogP) is 7.14. The van der Waals surface area contributed by atoms with Gasteiger partial charge in [0.2, 0.25) is 0 Å². The van der Waals surface area contributed by atoms with Gasteiger partial charge in [-0.25, -0.2) is 9.97 Å². The number of thioether (sulfide) groups is 1. The molecule has 0 spiro atoms. The molecule has 0 N–H and O–H groups in total. The molecule has 0 aliphatic heterocycles. The fourth-order valence-corrected chi connectivity index (χ4v) is 4.73. The van der Waals surface area contributed by atoms with Crippen molar-refractivity contribution in [1.29, 1.82) is 0 Å². The Kier molecular flexibility index (Phi) is 5.39. The van der Waals surface area contributed by atoms with Gasteiger partial charge in [-0.15, -0.1) is 11.8 Å². The summed E-state index contributed by atoms with van der Waals surface area (Å²) >= 11 is 5.28. The normalized spacial score (nSPS) is 11.1. The van der Waals surface area contributed by atoms with Crippen LogP contribution in [0.3, 0.4) is 0 Å². The molecule has 3 nitrogen and oxygen atoms in total. The Bertz CT molecular complexity index is 1280. The first-order chi connectivity index (χ1) is 14.8. The molecular weight excluding hydrogens is 454 g/mol. The Balaban J connectivity index is 1.67. The van der Waals surface area contributed by atoms with E-state index in [4.69, 9.17) is 0 Å². The Labute approximate surface area is 187 Å². The number of hydrogen-bond acceptors (Lipinski definition) is 3. The molecule has 30 heavy (non-hydrogen) atoms. The van der Waals surface area contributed by atoms with Crippen LogP contribution < -0.4 is 0 Å². The van der Waals surface area contributed by atoms with Crippen LogP contribution in [0.4, 0.5) is 0 Å². The van der Waals surface area contributed by atoms with E-state index in [1.54, 1.807) is 18.1 Å². The van der Waals surface area contributed by atoms with Gasteiger partial charge in [-0.1, -0.05) is 76.6 Å². The summed E-state index contributed by atoms with van der Waals surface area (Å²) in [6.07, 6.45) is 3.84. The second-order valence-corrected chi connectivity index (χ2v) is 8.79. The first kappa shape index (κ1) is 19.1. The van der Waals surface area contributed by atoms with Crippen LogP contribution in [-0.4, -0.2) is 14.5 Å². The predicted molar refractivity (Wildman–Crippen MR) is 128 cm³/mol. The summed E-state index contributed by atoms with van der Waals surface area (Å²) in [5.74, 6) is 0.866. The van der Waals surface area contributed by atoms with Gasteiger partial charge in [-0.05, 0) is 35.4 Å². The molecule has 2 aromatic heterocycles. The van der Waals surface area contributed by atoms with Crippen molar-refractivity contribution in [3.8, 4) is 16.8 Å². The third kappa shape index (κ3) is 3.78. The minimum atomic E-state index is 0.866. The number of halogens is 1. The number of fused-ring (bicyclic) bond motifs is 1. The molecule has 5 heteroatoms. The lowest BCUT2D eigenvalue weighted by molar-refractivity contribution is 1.04. The van der Waals surface area contributed by atoms with E-state index in [2.05, 4.69) is 109 Å². The lowest BCUT2D eigenvalue weighted by Gasteiger charge is -2.07. The summed E-state index contributed by atoms with van der Waals surface area (Å²) in [5.41, 5.74) is 5.58. The van der Waals surface area contributed by atoms with Gasteiger partial charge in [-0.2, -0.15) is 0 Å². The Morgan fingerprint density at radius 1 is 0.800 bits per heavy atom. The molecule has 0 unspecified atom stereocenters. The SMILES string of the molecule is Brc1ccc(-n2cc(-c3ccccc3)c3c(SCc4ccccc4)ncnc32)cc1. The summed E-state index contributed by atoms with van der Waals surface area (Å²) in [7, 11) is 0. The van der Waals surface area contributed by atoms with E-state index in [1.807, 2.05) is 12.1 Å². The quantitative estimate of drug-likeness (QED) is 0.201. The summed E-state index contributed by atoms with van der Waals surface area (Å²) in [5, 5.41) is 2.09. The molecule has 0 amide bonds. The highest BCUT2D eigenvalue weighted by Crippen LogP contribution is 2.37. The molecule has 0 bridgehead atoms. The molecule has 0 saturated heterocycles. The average Bonchev–Trinajstić information content (AvgIpc) is 3.20. The van der Waals surface area contributed by atoms with Crippen LogP contribution in [0.15, 0.2) is 107 Å². The van der Waals surface area contributed by atoms with Gasteiger partial charge in [0, 0.05) is 27.7 Å². The van der Waals surface area contributed by atoms with Crippen LogP contribution in [-0.2, 0) is 5.75 Å². The third-order valence-corrected chi connectivity index (χ3v) is 6.55. The second-order valence-electron chi connectivity index (χ2n) is 6.91. The van der Waals surface area contributed by atoms with Gasteiger partial charge in [0.15, 0.2) is 0 Å². The molecule has 0 radical (unpaired) electrons. The van der Waals surface area contributed by atoms with Crippen molar-refractivity contribution >= 4 is 38.7 Å². The van der Waals surface area contributed by atoms with E-state index < -0.39 is 0 Å². The van der Waals surface area contributed by atoms with Crippen LogP contribution in [0.25, 0.3) is 27.8 Å². The van der Waals surface area contributed by atoms with Gasteiger partial charge in [0.25, 0.3) is 0 Å². The fraction of sp³-hybridized carbons (Fsp3) is 0.0400. The van der Waals surface area contributed by atoms with Crippen molar-refractivity contribution in [2.75, 3.05) is 0 Å². The summed E-state index contributed by atoms with van der Waals surface area (Å²) in [6.45, 7) is 0. The van der Waals surface area contributed by atoms with Crippen molar-refractivity contribution < 1.29 is 0 Å². The maximum absolute atomic E-state index is 4.67. The summed E-state index contributed by atoms with van der Waals surface area (Å²) < 4.78 is 3.21. The summed E-state index contributed by atoms with van der Waals surface area (Å²) in [6, 6.07) is 29.2. The zero-order valence-corrected chi connectivity index (χ0v) is 18.5. The molecular formula is C25H18BrN3S. The molecule has 5 aromatic rings. The molecule has 2 heterocycles. The van der Waals surface area contributed by atoms with E-state index in [0.29, 0.717) is 0 Å². The second kappa shape index (κ2) is 8.46. The maximum atomic E-state index is 4.67. The first-order valence-corrected chi connectivity index (χ1v) is 11.4. The monoisotopic (exact) mass is 471 g/mol. The van der Waals surface area contributed by atoms with Crippen LogP contribution in [0.1, 0.15) is 5.56 Å². The number of aromatic nitrogens is 3. The fourth-order valence-electron chi connectivity index (χ4n) is 3.50. The van der Waals surface area contributed by atoms with Gasteiger partial charge < -0.3 is 4.57 Å². The number of rotatable bonds is 5. The largest absolute Gasteiger partial charge is 0.301 e. The molecule has 0 aliphatic carbocycles. The van der Waals surface area contributed by atoms with E-state index in [0.717, 1.165) is 43.1 Å². The van der Waals surface area contributed by atoms with Crippen molar-refractivity contribution in [3.63, 3.8) is 0 Å². The molecule has 0 saturated carbocycles. The van der Waals surface area contributed by atoms with Gasteiger partial charge in [0.1, 0.15) is 17.0 Å². The van der Waals surface area contributed by atoms with Crippen LogP contribution >= 0.6 is 27.7 Å². The smallest absolute Gasteiger partial charge is 0.149 e. The zero-order chi connectivity index (χ0) is 20.3. The number of benzene rings is 3. The minimum absolute atomic E-state index is 0.866. The van der Waals surface area contributed by atoms with E-state index >= 15 is 0 Å². The van der Waals surface area contributed by atoms with E-state index in [9.17, 15) is 0 Å². The highest BCUT2D eigenvalue weighted by Gasteiger charge is 2.17. The zero-order valence-electron chi connectivity index (χ0n) is 16.1. The highest BCUT2D eigenvalue weighted by molar-refractivity contribution is 9.10. The van der Waals surface area contributed by atoms with Gasteiger partial charge in [-0.3, -0.25) is 0 Å². The number of hydrogen-bond donors (Lipinski definition) is 0. The lowest BCUT2D eigenvalue weighted by Crippen LogP contribution is -1.94. The van der Waals surface area contributed by atoms with Crippen molar-refractivity contribution in [3.05, 3.63) is 107 Å². The van der Waals surface area contributed by atoms with Crippen LogP contribution in [0, 0.1) is 0 Å². The average molecular weight is 472 g/mol. The standard InChI is InChI=1S/C25H18BrN3S/c26-20-11-13-21(14-12-20)29-15-22(19-9-5-2-6-10-19)23-24(29)27-17-28-25(23)30-16-18-7-3-1-4-8-18/h1-15,17H,16H2. The van der Waals surface area contributed by atoms with E-state index in [-0.39, 0.29) is 0 Å². The van der Waals surface area contributed by atoms with Gasteiger partial charge >= 0.3 is 0 Å². The van der Waals surface area contributed by atoms with Crippen molar-refractivity contribution in [2.24, 2.45) is 0 Å². The van der Waals surface area contributed by atoms with Crippen molar-refractivity contribution in [1.82, 2.24) is 14.5 Å². The number of nitrogens with zero attached hydrogens (tertiary/aromatic N) is 3. The topological polar surface area (TPSA) is 30.7 Å². The summed E-state index contributed by atoms with van der Waals surface area (Å²) in [4.78, 5) is 9.33. The van der Waals surface area contributed by atoms with Crippen LogP contribution in [0.5, 0.6) is 0 Å². The molecule has 0 aliphatic rings. The molecule has 3 aromatic carbocycles. The Morgan fingerprint density at radius 2 is 1.50 bits per heavy atom. The highest BCUT2D eigenvalue weighted by atomic mass is 79.9.